The van der Waals surface area contributed by atoms with Gasteiger partial charge in [-0.05, 0) is 55.5 Å². The van der Waals surface area contributed by atoms with Crippen LogP contribution in [0.1, 0.15) is 5.69 Å². The van der Waals surface area contributed by atoms with Crippen molar-refractivity contribution in [3.8, 4) is 34.6 Å². The molecule has 10 nitrogen and oxygen atoms in total. The number of aryl methyl sites for hydroxylation is 1. The Morgan fingerprint density at radius 2 is 1.89 bits per heavy atom. The summed E-state index contributed by atoms with van der Waals surface area (Å²) in [4.78, 5) is 33.4. The van der Waals surface area contributed by atoms with Gasteiger partial charge in [-0.3, -0.25) is 9.36 Å². The molecule has 10 heteroatoms. The normalized spacial score (nSPS) is 10.7. The summed E-state index contributed by atoms with van der Waals surface area (Å²) in [6.07, 6.45) is 5.99. The molecule has 0 aliphatic carbocycles. The average Bonchev–Trinajstić information content (AvgIpc) is 3.29. The second-order valence-corrected chi connectivity index (χ2v) is 7.69. The zero-order valence-electron chi connectivity index (χ0n) is 19.5. The van der Waals surface area contributed by atoms with Gasteiger partial charge in [0.1, 0.15) is 17.7 Å². The third-order valence-corrected chi connectivity index (χ3v) is 5.30. The van der Waals surface area contributed by atoms with Crippen LogP contribution >= 0.6 is 0 Å². The van der Waals surface area contributed by atoms with Crippen LogP contribution in [0.3, 0.4) is 0 Å². The fraction of sp³-hybridized carbons (Fsp3) is 0.0769. The van der Waals surface area contributed by atoms with Crippen molar-refractivity contribution >= 4 is 22.8 Å². The minimum atomic E-state index is -0.282. The van der Waals surface area contributed by atoms with Crippen LogP contribution < -0.4 is 14.8 Å². The van der Waals surface area contributed by atoms with E-state index in [1.807, 2.05) is 35.8 Å². The highest BCUT2D eigenvalue weighted by molar-refractivity contribution is 5.99. The highest BCUT2D eigenvalue weighted by Crippen LogP contribution is 2.35. The monoisotopic (exact) mass is 479 g/mol. The Bertz CT molecular complexity index is 1580. The van der Waals surface area contributed by atoms with Crippen molar-refractivity contribution in [1.82, 2.24) is 29.5 Å². The van der Waals surface area contributed by atoms with E-state index in [-0.39, 0.29) is 11.9 Å². The van der Waals surface area contributed by atoms with Crippen LogP contribution in [0.2, 0.25) is 0 Å². The van der Waals surface area contributed by atoms with Gasteiger partial charge in [0.2, 0.25) is 5.91 Å². The van der Waals surface area contributed by atoms with Crippen molar-refractivity contribution in [3.05, 3.63) is 85.6 Å². The van der Waals surface area contributed by atoms with E-state index in [1.54, 1.807) is 43.8 Å². The van der Waals surface area contributed by atoms with Gasteiger partial charge in [0.15, 0.2) is 17.1 Å². The van der Waals surface area contributed by atoms with Gasteiger partial charge in [0, 0.05) is 29.2 Å². The lowest BCUT2D eigenvalue weighted by atomic mass is 10.2. The second kappa shape index (κ2) is 9.63. The predicted molar refractivity (Wildman–Crippen MR) is 134 cm³/mol. The van der Waals surface area contributed by atoms with Gasteiger partial charge in [-0.25, -0.2) is 24.9 Å². The number of hydrogen-bond donors (Lipinski definition) is 1. The van der Waals surface area contributed by atoms with E-state index in [9.17, 15) is 4.79 Å². The first kappa shape index (κ1) is 22.7. The molecule has 3 aromatic heterocycles. The fourth-order valence-corrected chi connectivity index (χ4v) is 3.62. The van der Waals surface area contributed by atoms with Crippen LogP contribution in [0.4, 0.5) is 5.69 Å². The summed E-state index contributed by atoms with van der Waals surface area (Å²) in [6, 6.07) is 14.8. The van der Waals surface area contributed by atoms with Gasteiger partial charge < -0.3 is 14.8 Å². The topological polar surface area (TPSA) is 117 Å². The lowest BCUT2D eigenvalue weighted by Gasteiger charge is -2.14. The molecule has 0 fully saturated rings. The molecule has 36 heavy (non-hydrogen) atoms. The molecule has 0 aliphatic rings. The van der Waals surface area contributed by atoms with Crippen molar-refractivity contribution in [2.75, 3.05) is 12.4 Å². The Hall–Kier alpha value is -5.12. The van der Waals surface area contributed by atoms with Gasteiger partial charge >= 0.3 is 6.01 Å². The van der Waals surface area contributed by atoms with Gasteiger partial charge in [-0.2, -0.15) is 0 Å². The number of aromatic nitrogens is 6. The average molecular weight is 480 g/mol. The lowest BCUT2D eigenvalue weighted by molar-refractivity contribution is -0.111. The van der Waals surface area contributed by atoms with E-state index >= 15 is 0 Å². The molecule has 0 saturated heterocycles. The number of methoxy groups -OCH3 is 1. The maximum Gasteiger partial charge on any atom is 0.322 e. The number of imidazole rings is 1. The Kier molecular flexibility index (Phi) is 6.06. The molecule has 0 unspecified atom stereocenters. The van der Waals surface area contributed by atoms with Gasteiger partial charge in [-0.15, -0.1) is 0 Å². The van der Waals surface area contributed by atoms with Crippen LogP contribution in [0.15, 0.2) is 79.9 Å². The molecule has 0 saturated carbocycles. The Morgan fingerprint density at radius 1 is 1.06 bits per heavy atom. The van der Waals surface area contributed by atoms with Crippen LogP contribution in [-0.2, 0) is 4.79 Å². The smallest absolute Gasteiger partial charge is 0.322 e. The summed E-state index contributed by atoms with van der Waals surface area (Å²) >= 11 is 0. The maximum atomic E-state index is 11.6. The van der Waals surface area contributed by atoms with Gasteiger partial charge in [0.25, 0.3) is 0 Å². The molecule has 2 aromatic carbocycles. The Morgan fingerprint density at radius 3 is 2.64 bits per heavy atom. The molecule has 1 N–H and O–H groups in total. The zero-order chi connectivity index (χ0) is 25.1. The molecule has 1 amide bonds. The molecular weight excluding hydrogens is 458 g/mol. The number of rotatable bonds is 7. The maximum absolute atomic E-state index is 11.6. The standard InChI is InChI=1S/C26H21N7O3/c1-4-23(34)31-18-7-5-17(6-8-18)24-32-20-14-27-15-29-25(20)33(24)19-9-10-21(22(13-19)35-3)36-26-28-12-11-16(2)30-26/h4-15H,1H2,2-3H3,(H,31,34). The van der Waals surface area contributed by atoms with E-state index in [0.717, 1.165) is 16.9 Å². The summed E-state index contributed by atoms with van der Waals surface area (Å²) in [5.41, 5.74) is 4.26. The zero-order valence-corrected chi connectivity index (χ0v) is 19.5. The number of benzene rings is 2. The number of nitrogens with zero attached hydrogens (tertiary/aromatic N) is 6. The van der Waals surface area contributed by atoms with Crippen molar-refractivity contribution in [3.63, 3.8) is 0 Å². The molecule has 5 aromatic rings. The highest BCUT2D eigenvalue weighted by atomic mass is 16.5. The predicted octanol–water partition coefficient (Wildman–Crippen LogP) is 4.51. The first-order valence-electron chi connectivity index (χ1n) is 10.9. The third-order valence-electron chi connectivity index (χ3n) is 5.30. The second-order valence-electron chi connectivity index (χ2n) is 7.69. The summed E-state index contributed by atoms with van der Waals surface area (Å²) in [7, 11) is 1.56. The van der Waals surface area contributed by atoms with Crippen LogP contribution in [0, 0.1) is 6.92 Å². The molecule has 5 rings (SSSR count). The first-order chi connectivity index (χ1) is 17.6. The number of hydrogen-bond acceptors (Lipinski definition) is 8. The third kappa shape index (κ3) is 4.47. The summed E-state index contributed by atoms with van der Waals surface area (Å²) in [5.74, 6) is 1.32. The van der Waals surface area contributed by atoms with Crippen molar-refractivity contribution in [2.24, 2.45) is 0 Å². The highest BCUT2D eigenvalue weighted by Gasteiger charge is 2.18. The van der Waals surface area contributed by atoms with E-state index in [2.05, 4.69) is 31.8 Å². The number of nitrogens with one attached hydrogen (secondary N) is 1. The van der Waals surface area contributed by atoms with Crippen LogP contribution in [-0.4, -0.2) is 42.5 Å². The number of fused-ring (bicyclic) bond motifs is 1. The minimum absolute atomic E-state index is 0.228. The number of carbonyl (C=O) groups excluding carboxylic acids is 1. The fourth-order valence-electron chi connectivity index (χ4n) is 3.62. The summed E-state index contributed by atoms with van der Waals surface area (Å²) in [5, 5.41) is 2.74. The quantitative estimate of drug-likeness (QED) is 0.339. The summed E-state index contributed by atoms with van der Waals surface area (Å²) < 4.78 is 13.4. The molecule has 0 atom stereocenters. The molecule has 0 radical (unpaired) electrons. The van der Waals surface area contributed by atoms with Gasteiger partial charge in [-0.1, -0.05) is 6.58 Å². The number of ether oxygens (including phenoxy) is 2. The largest absolute Gasteiger partial charge is 0.493 e. The molecular formula is C26H21N7O3. The summed E-state index contributed by atoms with van der Waals surface area (Å²) in [6.45, 7) is 5.34. The number of anilines is 1. The van der Waals surface area contributed by atoms with Crippen molar-refractivity contribution in [1.29, 1.82) is 0 Å². The van der Waals surface area contributed by atoms with E-state index in [4.69, 9.17) is 14.5 Å². The molecule has 3 heterocycles. The van der Waals surface area contributed by atoms with Gasteiger partial charge in [0.05, 0.1) is 19.0 Å². The number of carbonyl (C=O) groups is 1. The molecule has 0 bridgehead atoms. The van der Waals surface area contributed by atoms with Crippen LogP contribution in [0.5, 0.6) is 17.5 Å². The van der Waals surface area contributed by atoms with E-state index in [0.29, 0.717) is 34.2 Å². The molecule has 0 aliphatic heterocycles. The Labute approximate surface area is 206 Å². The molecule has 0 spiro atoms. The minimum Gasteiger partial charge on any atom is -0.493 e. The van der Waals surface area contributed by atoms with E-state index < -0.39 is 0 Å². The van der Waals surface area contributed by atoms with Crippen molar-refractivity contribution in [2.45, 2.75) is 6.92 Å². The lowest BCUT2D eigenvalue weighted by Crippen LogP contribution is -2.07. The van der Waals surface area contributed by atoms with Crippen molar-refractivity contribution < 1.29 is 14.3 Å². The molecule has 178 valence electrons. The Balaban J connectivity index is 1.57. The van der Waals surface area contributed by atoms with Crippen LogP contribution in [0.25, 0.3) is 28.2 Å². The number of amides is 1. The SMILES string of the molecule is C=CC(=O)Nc1ccc(-c2nc3cncnc3n2-c2ccc(Oc3nccc(C)n3)c(OC)c2)cc1. The first-order valence-corrected chi connectivity index (χ1v) is 10.9. The van der Waals surface area contributed by atoms with E-state index in [1.165, 1.54) is 12.4 Å².